The van der Waals surface area contributed by atoms with Crippen LogP contribution in [0.5, 0.6) is 0 Å². The summed E-state index contributed by atoms with van der Waals surface area (Å²) < 4.78 is 12.2. The first kappa shape index (κ1) is 16.6. The molecule has 1 aromatic carbocycles. The highest BCUT2D eigenvalue weighted by Crippen LogP contribution is 2.39. The van der Waals surface area contributed by atoms with Crippen LogP contribution in [0.1, 0.15) is 71.4 Å². The SMILES string of the molecule is CC(C)c1ccc(C(C)CB2OC(C)(C)C(C)(C)O2)cc1. The first-order valence-corrected chi connectivity index (χ1v) is 8.08. The van der Waals surface area contributed by atoms with Gasteiger partial charge in [0.05, 0.1) is 11.2 Å². The lowest BCUT2D eigenvalue weighted by molar-refractivity contribution is 0.00578. The van der Waals surface area contributed by atoms with Crippen LogP contribution >= 0.6 is 0 Å². The standard InChI is InChI=1S/C18H29BO2/c1-13(2)15-8-10-16(11-9-15)14(3)12-19-20-17(4,5)18(6,7)21-19/h8-11,13-14H,12H2,1-7H3. The van der Waals surface area contributed by atoms with E-state index in [-0.39, 0.29) is 18.3 Å². The van der Waals surface area contributed by atoms with Gasteiger partial charge in [-0.3, -0.25) is 0 Å². The Morgan fingerprint density at radius 3 is 1.71 bits per heavy atom. The summed E-state index contributed by atoms with van der Waals surface area (Å²) in [5, 5.41) is 0. The van der Waals surface area contributed by atoms with Crippen molar-refractivity contribution in [2.24, 2.45) is 0 Å². The number of rotatable bonds is 4. The van der Waals surface area contributed by atoms with Crippen LogP contribution < -0.4 is 0 Å². The molecule has 0 N–H and O–H groups in total. The summed E-state index contributed by atoms with van der Waals surface area (Å²) in [7, 11) is -0.116. The average molecular weight is 288 g/mol. The van der Waals surface area contributed by atoms with Gasteiger partial charge in [-0.1, -0.05) is 45.0 Å². The second-order valence-corrected chi connectivity index (χ2v) is 7.64. The lowest BCUT2D eigenvalue weighted by atomic mass is 9.75. The maximum Gasteiger partial charge on any atom is 0.458 e. The molecule has 0 aliphatic carbocycles. The molecule has 1 aliphatic rings. The molecule has 1 atom stereocenters. The van der Waals surface area contributed by atoms with Crippen LogP contribution in [-0.4, -0.2) is 18.3 Å². The van der Waals surface area contributed by atoms with Gasteiger partial charge < -0.3 is 9.31 Å². The second-order valence-electron chi connectivity index (χ2n) is 7.64. The van der Waals surface area contributed by atoms with Crippen LogP contribution in [0.3, 0.4) is 0 Å². The Morgan fingerprint density at radius 1 is 0.857 bits per heavy atom. The van der Waals surface area contributed by atoms with Crippen LogP contribution in [0.4, 0.5) is 0 Å². The molecule has 1 aromatic rings. The van der Waals surface area contributed by atoms with Crippen molar-refractivity contribution in [1.82, 2.24) is 0 Å². The van der Waals surface area contributed by atoms with Crippen LogP contribution in [0.2, 0.25) is 6.32 Å². The van der Waals surface area contributed by atoms with E-state index in [2.05, 4.69) is 72.7 Å². The fraction of sp³-hybridized carbons (Fsp3) is 0.667. The average Bonchev–Trinajstić information content (AvgIpc) is 2.57. The molecule has 1 heterocycles. The predicted molar refractivity (Wildman–Crippen MR) is 89.8 cm³/mol. The molecule has 1 fully saturated rings. The van der Waals surface area contributed by atoms with E-state index in [0.717, 1.165) is 6.32 Å². The molecule has 116 valence electrons. The van der Waals surface area contributed by atoms with Crippen molar-refractivity contribution in [1.29, 1.82) is 0 Å². The Balaban J connectivity index is 2.01. The summed E-state index contributed by atoms with van der Waals surface area (Å²) >= 11 is 0. The molecule has 2 nitrogen and oxygen atoms in total. The summed E-state index contributed by atoms with van der Waals surface area (Å²) in [6, 6.07) is 8.96. The van der Waals surface area contributed by atoms with Gasteiger partial charge in [0.1, 0.15) is 0 Å². The summed E-state index contributed by atoms with van der Waals surface area (Å²) in [5.41, 5.74) is 2.27. The molecule has 1 aliphatic heterocycles. The minimum Gasteiger partial charge on any atom is -0.403 e. The Kier molecular flexibility index (Phi) is 4.56. The Hall–Kier alpha value is -0.795. The van der Waals surface area contributed by atoms with Crippen molar-refractivity contribution in [3.05, 3.63) is 35.4 Å². The Labute approximate surface area is 130 Å². The van der Waals surface area contributed by atoms with E-state index in [1.165, 1.54) is 11.1 Å². The van der Waals surface area contributed by atoms with E-state index < -0.39 is 0 Å². The largest absolute Gasteiger partial charge is 0.458 e. The molecule has 2 rings (SSSR count). The van der Waals surface area contributed by atoms with Crippen LogP contribution in [0, 0.1) is 0 Å². The summed E-state index contributed by atoms with van der Waals surface area (Å²) in [6.07, 6.45) is 0.897. The van der Waals surface area contributed by atoms with Gasteiger partial charge in [0, 0.05) is 0 Å². The van der Waals surface area contributed by atoms with Crippen molar-refractivity contribution < 1.29 is 9.31 Å². The smallest absolute Gasteiger partial charge is 0.403 e. The molecular weight excluding hydrogens is 259 g/mol. The van der Waals surface area contributed by atoms with E-state index >= 15 is 0 Å². The maximum atomic E-state index is 6.10. The maximum absolute atomic E-state index is 6.10. The topological polar surface area (TPSA) is 18.5 Å². The Morgan fingerprint density at radius 2 is 1.29 bits per heavy atom. The zero-order valence-electron chi connectivity index (χ0n) is 14.6. The molecule has 0 saturated carbocycles. The van der Waals surface area contributed by atoms with Gasteiger partial charge in [0.2, 0.25) is 0 Å². The van der Waals surface area contributed by atoms with Crippen molar-refractivity contribution in [3.8, 4) is 0 Å². The lowest BCUT2D eigenvalue weighted by Gasteiger charge is -2.32. The van der Waals surface area contributed by atoms with E-state index in [0.29, 0.717) is 11.8 Å². The van der Waals surface area contributed by atoms with E-state index in [1.807, 2.05) is 0 Å². The second kappa shape index (κ2) is 5.77. The van der Waals surface area contributed by atoms with E-state index in [1.54, 1.807) is 0 Å². The van der Waals surface area contributed by atoms with Gasteiger partial charge in [0.25, 0.3) is 0 Å². The van der Waals surface area contributed by atoms with Gasteiger partial charge in [-0.15, -0.1) is 0 Å². The number of hydrogen-bond acceptors (Lipinski definition) is 2. The number of hydrogen-bond donors (Lipinski definition) is 0. The highest BCUT2D eigenvalue weighted by Gasteiger charge is 2.51. The summed E-state index contributed by atoms with van der Waals surface area (Å²) in [6.45, 7) is 15.1. The first-order valence-electron chi connectivity index (χ1n) is 8.08. The third-order valence-corrected chi connectivity index (χ3v) is 5.02. The van der Waals surface area contributed by atoms with Gasteiger partial charge in [-0.2, -0.15) is 0 Å². The van der Waals surface area contributed by atoms with Crippen molar-refractivity contribution in [2.75, 3.05) is 0 Å². The Bertz CT molecular complexity index is 460. The molecule has 1 saturated heterocycles. The van der Waals surface area contributed by atoms with Crippen LogP contribution in [-0.2, 0) is 9.31 Å². The predicted octanol–water partition coefficient (Wildman–Crippen LogP) is 5.01. The number of benzene rings is 1. The third kappa shape index (κ3) is 3.52. The van der Waals surface area contributed by atoms with Crippen molar-refractivity contribution >= 4 is 7.12 Å². The van der Waals surface area contributed by atoms with Gasteiger partial charge in [-0.25, -0.2) is 0 Å². The summed E-state index contributed by atoms with van der Waals surface area (Å²) in [5.74, 6) is 1.01. The minimum atomic E-state index is -0.237. The third-order valence-electron chi connectivity index (χ3n) is 5.02. The lowest BCUT2D eigenvalue weighted by Crippen LogP contribution is -2.41. The van der Waals surface area contributed by atoms with E-state index in [9.17, 15) is 0 Å². The minimum absolute atomic E-state index is 0.116. The fourth-order valence-electron chi connectivity index (χ4n) is 2.70. The monoisotopic (exact) mass is 288 g/mol. The molecule has 0 spiro atoms. The summed E-state index contributed by atoms with van der Waals surface area (Å²) in [4.78, 5) is 0. The first-order chi connectivity index (χ1) is 9.62. The zero-order valence-corrected chi connectivity index (χ0v) is 14.6. The quantitative estimate of drug-likeness (QED) is 0.725. The van der Waals surface area contributed by atoms with Gasteiger partial charge in [0.15, 0.2) is 0 Å². The van der Waals surface area contributed by atoms with Gasteiger partial charge in [-0.05, 0) is 57.0 Å². The zero-order chi connectivity index (χ0) is 15.8. The highest BCUT2D eigenvalue weighted by atomic mass is 16.7. The molecule has 3 heteroatoms. The fourth-order valence-corrected chi connectivity index (χ4v) is 2.70. The molecular formula is C18H29BO2. The molecule has 1 unspecified atom stereocenters. The van der Waals surface area contributed by atoms with Crippen LogP contribution in [0.25, 0.3) is 0 Å². The van der Waals surface area contributed by atoms with Crippen LogP contribution in [0.15, 0.2) is 24.3 Å². The molecule has 21 heavy (non-hydrogen) atoms. The van der Waals surface area contributed by atoms with Crippen molar-refractivity contribution in [2.45, 2.75) is 77.8 Å². The molecule has 0 aromatic heterocycles. The normalized spacial score (nSPS) is 21.8. The van der Waals surface area contributed by atoms with E-state index in [4.69, 9.17) is 9.31 Å². The highest BCUT2D eigenvalue weighted by molar-refractivity contribution is 6.45. The van der Waals surface area contributed by atoms with Crippen molar-refractivity contribution in [3.63, 3.8) is 0 Å². The van der Waals surface area contributed by atoms with Gasteiger partial charge >= 0.3 is 7.12 Å². The molecule has 0 bridgehead atoms. The molecule has 0 amide bonds. The molecule has 0 radical (unpaired) electrons.